The molecule has 0 amide bonds. The molecule has 0 bridgehead atoms. The van der Waals surface area contributed by atoms with Crippen LogP contribution in [0.25, 0.3) is 0 Å². The van der Waals surface area contributed by atoms with Gasteiger partial charge in [0.25, 0.3) is 0 Å². The van der Waals surface area contributed by atoms with Crippen LogP contribution in [0.1, 0.15) is 43.0 Å². The zero-order chi connectivity index (χ0) is 14.5. The number of aryl methyl sites for hydroxylation is 1. The molecule has 0 aliphatic rings. The van der Waals surface area contributed by atoms with Crippen molar-refractivity contribution in [1.29, 1.82) is 0 Å². The summed E-state index contributed by atoms with van der Waals surface area (Å²) in [7, 11) is 0. The van der Waals surface area contributed by atoms with E-state index >= 15 is 0 Å². The van der Waals surface area contributed by atoms with Crippen molar-refractivity contribution in [1.82, 2.24) is 15.1 Å². The zero-order valence-corrected chi connectivity index (χ0v) is 12.4. The molecule has 0 saturated heterocycles. The van der Waals surface area contributed by atoms with Crippen LogP contribution in [0.5, 0.6) is 0 Å². The van der Waals surface area contributed by atoms with Crippen molar-refractivity contribution in [3.63, 3.8) is 0 Å². The van der Waals surface area contributed by atoms with Crippen molar-refractivity contribution < 1.29 is 4.39 Å². The molecule has 3 nitrogen and oxygen atoms in total. The van der Waals surface area contributed by atoms with Crippen LogP contribution in [-0.4, -0.2) is 16.3 Å². The van der Waals surface area contributed by atoms with E-state index < -0.39 is 0 Å². The third-order valence-corrected chi connectivity index (χ3v) is 3.56. The van der Waals surface area contributed by atoms with Gasteiger partial charge in [-0.1, -0.05) is 19.9 Å². The Bertz CT molecular complexity index is 563. The molecular weight excluding hydrogens is 253 g/mol. The number of aromatic nitrogens is 2. The SMILES string of the molecule is CCNC(CC)c1cnn(Cc2cc(F)ccc2C)c1. The Kier molecular flexibility index (Phi) is 4.90. The van der Waals surface area contributed by atoms with Gasteiger partial charge < -0.3 is 5.32 Å². The van der Waals surface area contributed by atoms with E-state index in [1.54, 1.807) is 6.07 Å². The molecule has 1 aromatic heterocycles. The monoisotopic (exact) mass is 275 g/mol. The first kappa shape index (κ1) is 14.7. The summed E-state index contributed by atoms with van der Waals surface area (Å²) in [4.78, 5) is 0. The average Bonchev–Trinajstić information content (AvgIpc) is 2.88. The second kappa shape index (κ2) is 6.66. The summed E-state index contributed by atoms with van der Waals surface area (Å²) >= 11 is 0. The van der Waals surface area contributed by atoms with Crippen LogP contribution in [0.4, 0.5) is 4.39 Å². The van der Waals surface area contributed by atoms with Crippen LogP contribution in [0.15, 0.2) is 30.6 Å². The Labute approximate surface area is 119 Å². The van der Waals surface area contributed by atoms with E-state index in [0.717, 1.165) is 24.1 Å². The van der Waals surface area contributed by atoms with E-state index in [4.69, 9.17) is 0 Å². The van der Waals surface area contributed by atoms with Crippen molar-refractivity contribution in [2.45, 2.75) is 39.8 Å². The minimum Gasteiger partial charge on any atom is -0.310 e. The van der Waals surface area contributed by atoms with Crippen LogP contribution < -0.4 is 5.32 Å². The van der Waals surface area contributed by atoms with Crippen molar-refractivity contribution >= 4 is 0 Å². The summed E-state index contributed by atoms with van der Waals surface area (Å²) in [6.45, 7) is 7.79. The lowest BCUT2D eigenvalue weighted by Crippen LogP contribution is -2.19. The molecule has 4 heteroatoms. The molecule has 0 saturated carbocycles. The van der Waals surface area contributed by atoms with Gasteiger partial charge in [0.2, 0.25) is 0 Å². The fourth-order valence-corrected chi connectivity index (χ4v) is 2.38. The largest absolute Gasteiger partial charge is 0.310 e. The Hall–Kier alpha value is -1.68. The summed E-state index contributed by atoms with van der Waals surface area (Å²) in [6.07, 6.45) is 4.96. The fourth-order valence-electron chi connectivity index (χ4n) is 2.38. The van der Waals surface area contributed by atoms with Crippen LogP contribution in [0.2, 0.25) is 0 Å². The number of hydrogen-bond donors (Lipinski definition) is 1. The molecule has 1 heterocycles. The van der Waals surface area contributed by atoms with Gasteiger partial charge in [-0.2, -0.15) is 5.10 Å². The summed E-state index contributed by atoms with van der Waals surface area (Å²) in [5.41, 5.74) is 3.24. The lowest BCUT2D eigenvalue weighted by atomic mass is 10.1. The number of benzene rings is 1. The van der Waals surface area contributed by atoms with Gasteiger partial charge in [-0.3, -0.25) is 4.68 Å². The van der Waals surface area contributed by atoms with Crippen molar-refractivity contribution in [2.75, 3.05) is 6.54 Å². The Morgan fingerprint density at radius 1 is 1.35 bits per heavy atom. The molecule has 1 N–H and O–H groups in total. The third kappa shape index (κ3) is 3.45. The third-order valence-electron chi connectivity index (χ3n) is 3.56. The van der Waals surface area contributed by atoms with Gasteiger partial charge in [-0.15, -0.1) is 0 Å². The maximum Gasteiger partial charge on any atom is 0.123 e. The fraction of sp³-hybridized carbons (Fsp3) is 0.438. The van der Waals surface area contributed by atoms with Gasteiger partial charge in [0.15, 0.2) is 0 Å². The smallest absolute Gasteiger partial charge is 0.123 e. The molecule has 0 aliphatic heterocycles. The second-order valence-corrected chi connectivity index (χ2v) is 5.06. The minimum atomic E-state index is -0.197. The van der Waals surface area contributed by atoms with Crippen LogP contribution >= 0.6 is 0 Å². The van der Waals surface area contributed by atoms with E-state index in [2.05, 4.69) is 24.3 Å². The highest BCUT2D eigenvalue weighted by atomic mass is 19.1. The second-order valence-electron chi connectivity index (χ2n) is 5.06. The number of nitrogens with zero attached hydrogens (tertiary/aromatic N) is 2. The highest BCUT2D eigenvalue weighted by Gasteiger charge is 2.10. The molecule has 0 aliphatic carbocycles. The topological polar surface area (TPSA) is 29.9 Å². The summed E-state index contributed by atoms with van der Waals surface area (Å²) in [5, 5.41) is 7.82. The minimum absolute atomic E-state index is 0.197. The summed E-state index contributed by atoms with van der Waals surface area (Å²) < 4.78 is 15.2. The molecule has 0 radical (unpaired) electrons. The van der Waals surface area contributed by atoms with Gasteiger partial charge >= 0.3 is 0 Å². The van der Waals surface area contributed by atoms with Gasteiger partial charge in [-0.25, -0.2) is 4.39 Å². The maximum absolute atomic E-state index is 13.3. The van der Waals surface area contributed by atoms with E-state index in [1.807, 2.05) is 30.1 Å². The number of nitrogens with one attached hydrogen (secondary N) is 1. The van der Waals surface area contributed by atoms with Gasteiger partial charge in [0, 0.05) is 17.8 Å². The first-order chi connectivity index (χ1) is 9.63. The molecule has 20 heavy (non-hydrogen) atoms. The standard InChI is InChI=1S/C16H22FN3/c1-4-16(18-5-2)14-9-19-20(11-14)10-13-8-15(17)7-6-12(13)3/h6-9,11,16,18H,4-5,10H2,1-3H3. The van der Waals surface area contributed by atoms with Crippen molar-refractivity contribution in [3.05, 3.63) is 53.1 Å². The van der Waals surface area contributed by atoms with E-state index in [0.29, 0.717) is 12.6 Å². The van der Waals surface area contributed by atoms with Crippen LogP contribution in [0.3, 0.4) is 0 Å². The molecule has 0 fully saturated rings. The normalized spacial score (nSPS) is 12.6. The van der Waals surface area contributed by atoms with Crippen molar-refractivity contribution in [3.8, 4) is 0 Å². The molecule has 1 unspecified atom stereocenters. The summed E-state index contributed by atoms with van der Waals surface area (Å²) in [6, 6.07) is 5.22. The van der Waals surface area contributed by atoms with Crippen LogP contribution in [0, 0.1) is 12.7 Å². The van der Waals surface area contributed by atoms with Crippen LogP contribution in [-0.2, 0) is 6.54 Å². The van der Waals surface area contributed by atoms with E-state index in [1.165, 1.54) is 11.6 Å². The Morgan fingerprint density at radius 3 is 2.85 bits per heavy atom. The molecule has 2 aromatic rings. The number of hydrogen-bond acceptors (Lipinski definition) is 2. The molecule has 0 spiro atoms. The van der Waals surface area contributed by atoms with E-state index in [-0.39, 0.29) is 5.82 Å². The Balaban J connectivity index is 2.14. The Morgan fingerprint density at radius 2 is 2.15 bits per heavy atom. The predicted molar refractivity (Wildman–Crippen MR) is 79.2 cm³/mol. The zero-order valence-electron chi connectivity index (χ0n) is 12.4. The first-order valence-electron chi connectivity index (χ1n) is 7.14. The predicted octanol–water partition coefficient (Wildman–Crippen LogP) is 3.44. The molecule has 1 atom stereocenters. The van der Waals surface area contributed by atoms with Crippen molar-refractivity contribution in [2.24, 2.45) is 0 Å². The highest BCUT2D eigenvalue weighted by Crippen LogP contribution is 2.17. The highest BCUT2D eigenvalue weighted by molar-refractivity contribution is 5.27. The lowest BCUT2D eigenvalue weighted by Gasteiger charge is -2.13. The molecule has 2 rings (SSSR count). The lowest BCUT2D eigenvalue weighted by molar-refractivity contribution is 0.536. The number of halogens is 1. The van der Waals surface area contributed by atoms with Gasteiger partial charge in [0.1, 0.15) is 5.82 Å². The maximum atomic E-state index is 13.3. The number of rotatable bonds is 6. The quantitative estimate of drug-likeness (QED) is 0.875. The first-order valence-corrected chi connectivity index (χ1v) is 7.14. The van der Waals surface area contributed by atoms with E-state index in [9.17, 15) is 4.39 Å². The van der Waals surface area contributed by atoms with Gasteiger partial charge in [-0.05, 0) is 43.1 Å². The average molecular weight is 275 g/mol. The summed E-state index contributed by atoms with van der Waals surface area (Å²) in [5.74, 6) is -0.197. The molecule has 108 valence electrons. The molecule has 1 aromatic carbocycles. The molecular formula is C16H22FN3. The van der Waals surface area contributed by atoms with Gasteiger partial charge in [0.05, 0.1) is 12.7 Å².